The minimum absolute atomic E-state index is 0.557. The highest BCUT2D eigenvalue weighted by atomic mass is 31.1. The lowest BCUT2D eigenvalue weighted by atomic mass is 9.90. The van der Waals surface area contributed by atoms with Crippen LogP contribution in [-0.2, 0) is 13.6 Å². The molecule has 0 aliphatic heterocycles. The van der Waals surface area contributed by atoms with Crippen LogP contribution in [0.1, 0.15) is 67.2 Å². The molecule has 4 heteroatoms. The average Bonchev–Trinajstić information content (AvgIpc) is 2.41. The quantitative estimate of drug-likeness (QED) is 0.385. The predicted molar refractivity (Wildman–Crippen MR) is 87.4 cm³/mol. The van der Waals surface area contributed by atoms with Crippen LogP contribution in [0.4, 0.5) is 0 Å². The second kappa shape index (κ2) is 8.17. The molecule has 0 spiro atoms. The Labute approximate surface area is 125 Å². The van der Waals surface area contributed by atoms with Crippen molar-refractivity contribution in [2.24, 2.45) is 0 Å². The lowest BCUT2D eigenvalue weighted by molar-refractivity contribution is 0.0371. The second-order valence-electron chi connectivity index (χ2n) is 5.42. The molecule has 0 aromatic carbocycles. The van der Waals surface area contributed by atoms with Gasteiger partial charge in [-0.15, -0.1) is 0 Å². The lowest BCUT2D eigenvalue weighted by Gasteiger charge is -2.36. The van der Waals surface area contributed by atoms with E-state index >= 15 is 0 Å². The summed E-state index contributed by atoms with van der Waals surface area (Å²) < 4.78 is 24.0. The third-order valence-corrected chi connectivity index (χ3v) is 5.51. The molecule has 0 unspecified atom stereocenters. The molecule has 118 valence electrons. The minimum Gasteiger partial charge on any atom is -0.299 e. The summed E-state index contributed by atoms with van der Waals surface area (Å²) in [5.41, 5.74) is 0.660. The van der Waals surface area contributed by atoms with Crippen LogP contribution >= 0.6 is 8.25 Å². The average molecular weight is 302 g/mol. The molecule has 0 rings (SSSR count). The maximum atomic E-state index is 12.4. The molecule has 0 aromatic heterocycles. The Morgan fingerprint density at radius 2 is 1.10 bits per heavy atom. The van der Waals surface area contributed by atoms with Crippen LogP contribution in [0.3, 0.4) is 0 Å². The van der Waals surface area contributed by atoms with Crippen molar-refractivity contribution in [3.8, 4) is 0 Å². The summed E-state index contributed by atoms with van der Waals surface area (Å²) in [6.07, 6.45) is 2.93. The van der Waals surface area contributed by atoms with Crippen LogP contribution in [0.2, 0.25) is 0 Å². The molecule has 0 bridgehead atoms. The first-order chi connectivity index (χ1) is 9.23. The van der Waals surface area contributed by atoms with E-state index in [1.165, 1.54) is 0 Å². The van der Waals surface area contributed by atoms with E-state index in [1.54, 1.807) is 0 Å². The second-order valence-corrected chi connectivity index (χ2v) is 6.33. The van der Waals surface area contributed by atoms with Gasteiger partial charge in [-0.1, -0.05) is 40.9 Å². The Kier molecular flexibility index (Phi) is 8.01. The fourth-order valence-electron chi connectivity index (χ4n) is 2.51. The van der Waals surface area contributed by atoms with E-state index in [-0.39, 0.29) is 0 Å². The Balaban J connectivity index is 5.10. The van der Waals surface area contributed by atoms with Crippen LogP contribution in [0.15, 0.2) is 24.3 Å². The van der Waals surface area contributed by atoms with Crippen molar-refractivity contribution in [1.82, 2.24) is 0 Å². The molecule has 0 saturated carbocycles. The minimum atomic E-state index is -2.61. The predicted octanol–water partition coefficient (Wildman–Crippen LogP) is 5.68. The first kappa shape index (κ1) is 19.6. The molecule has 0 amide bonds. The molecule has 20 heavy (non-hydrogen) atoms. The van der Waals surface area contributed by atoms with Gasteiger partial charge in [0.25, 0.3) is 0 Å². The Bertz CT molecular complexity index is 332. The monoisotopic (exact) mass is 302 g/mol. The van der Waals surface area contributed by atoms with E-state index in [9.17, 15) is 4.57 Å². The smallest absolute Gasteiger partial charge is 0.299 e. The maximum Gasteiger partial charge on any atom is 0.320 e. The van der Waals surface area contributed by atoms with Gasteiger partial charge in [0.15, 0.2) is 0 Å². The van der Waals surface area contributed by atoms with Gasteiger partial charge in [-0.2, -0.15) is 0 Å². The lowest BCUT2D eigenvalue weighted by Crippen LogP contribution is -2.33. The fraction of sp³-hybridized carbons (Fsp3) is 0.750. The first-order valence-electron chi connectivity index (χ1n) is 7.47. The van der Waals surface area contributed by atoms with Gasteiger partial charge in [-0.05, 0) is 50.7 Å². The maximum absolute atomic E-state index is 12.4. The zero-order chi connectivity index (χ0) is 16.0. The number of rotatable bonds is 10. The van der Waals surface area contributed by atoms with Gasteiger partial charge in [-0.3, -0.25) is 13.6 Å². The summed E-state index contributed by atoms with van der Waals surface area (Å²) in [6, 6.07) is 0. The molecule has 0 aromatic rings. The van der Waals surface area contributed by atoms with E-state index in [0.29, 0.717) is 0 Å². The Hall–Kier alpha value is -0.370. The van der Waals surface area contributed by atoms with Crippen molar-refractivity contribution in [1.29, 1.82) is 0 Å². The molecule has 0 heterocycles. The van der Waals surface area contributed by atoms with Crippen molar-refractivity contribution in [3.63, 3.8) is 0 Å². The standard InChI is InChI=1S/C16H31O3P/c1-9-15(10-2,13(5)6)18-20(17)19-16(11-3,12-4)14(7)8/h20H,5,7,9-12H2,1-4,6,8H3. The summed E-state index contributed by atoms with van der Waals surface area (Å²) in [5.74, 6) is 0. The van der Waals surface area contributed by atoms with E-state index in [2.05, 4.69) is 13.2 Å². The van der Waals surface area contributed by atoms with Crippen molar-refractivity contribution in [3.05, 3.63) is 24.3 Å². The SMILES string of the molecule is C=C(C)C(CC)(CC)O[PH](=O)OC(CC)(CC)C(=C)C. The highest BCUT2D eigenvalue weighted by Crippen LogP contribution is 2.45. The van der Waals surface area contributed by atoms with Gasteiger partial charge < -0.3 is 0 Å². The molecule has 0 aliphatic rings. The van der Waals surface area contributed by atoms with Crippen molar-refractivity contribution < 1.29 is 13.6 Å². The molecule has 0 saturated heterocycles. The van der Waals surface area contributed by atoms with Gasteiger partial charge in [0.2, 0.25) is 0 Å². The zero-order valence-electron chi connectivity index (χ0n) is 14.0. The van der Waals surface area contributed by atoms with Crippen LogP contribution in [0, 0.1) is 0 Å². The number of hydrogen-bond acceptors (Lipinski definition) is 3. The zero-order valence-corrected chi connectivity index (χ0v) is 15.0. The van der Waals surface area contributed by atoms with E-state index in [1.807, 2.05) is 41.5 Å². The molecular weight excluding hydrogens is 271 g/mol. The van der Waals surface area contributed by atoms with Gasteiger partial charge >= 0.3 is 8.25 Å². The van der Waals surface area contributed by atoms with Crippen LogP contribution in [0.5, 0.6) is 0 Å². The van der Waals surface area contributed by atoms with Gasteiger partial charge in [0.1, 0.15) is 0 Å². The van der Waals surface area contributed by atoms with Crippen LogP contribution in [-0.4, -0.2) is 11.2 Å². The van der Waals surface area contributed by atoms with Gasteiger partial charge in [0, 0.05) is 0 Å². The fourth-order valence-corrected chi connectivity index (χ4v) is 4.12. The van der Waals surface area contributed by atoms with Gasteiger partial charge in [-0.25, -0.2) is 0 Å². The Morgan fingerprint density at radius 3 is 1.25 bits per heavy atom. The normalized spacial score (nSPS) is 12.8. The third-order valence-electron chi connectivity index (χ3n) is 4.40. The molecule has 0 fully saturated rings. The first-order valence-corrected chi connectivity index (χ1v) is 8.70. The summed E-state index contributed by atoms with van der Waals surface area (Å²) in [7, 11) is -2.61. The van der Waals surface area contributed by atoms with Crippen molar-refractivity contribution >= 4 is 8.25 Å². The third kappa shape index (κ3) is 4.31. The number of hydrogen-bond donors (Lipinski definition) is 0. The largest absolute Gasteiger partial charge is 0.320 e. The summed E-state index contributed by atoms with van der Waals surface area (Å²) in [4.78, 5) is 0. The molecular formula is C16H31O3P. The van der Waals surface area contributed by atoms with Crippen LogP contribution < -0.4 is 0 Å². The highest BCUT2D eigenvalue weighted by molar-refractivity contribution is 7.33. The molecule has 0 radical (unpaired) electrons. The highest BCUT2D eigenvalue weighted by Gasteiger charge is 2.35. The molecule has 0 N–H and O–H groups in total. The Morgan fingerprint density at radius 1 is 0.850 bits per heavy atom. The van der Waals surface area contributed by atoms with Crippen molar-refractivity contribution in [2.45, 2.75) is 78.4 Å². The summed E-state index contributed by atoms with van der Waals surface area (Å²) >= 11 is 0. The van der Waals surface area contributed by atoms with Crippen LogP contribution in [0.25, 0.3) is 0 Å². The van der Waals surface area contributed by atoms with E-state index in [0.717, 1.165) is 36.8 Å². The molecule has 3 nitrogen and oxygen atoms in total. The summed E-state index contributed by atoms with van der Waals surface area (Å²) in [5, 5.41) is 0. The van der Waals surface area contributed by atoms with E-state index in [4.69, 9.17) is 9.05 Å². The van der Waals surface area contributed by atoms with Crippen molar-refractivity contribution in [2.75, 3.05) is 0 Å². The van der Waals surface area contributed by atoms with E-state index < -0.39 is 19.5 Å². The molecule has 0 aliphatic carbocycles. The molecule has 0 atom stereocenters. The topological polar surface area (TPSA) is 35.5 Å². The van der Waals surface area contributed by atoms with Gasteiger partial charge in [0.05, 0.1) is 11.2 Å². The summed E-state index contributed by atoms with van der Waals surface area (Å²) in [6.45, 7) is 19.8.